The summed E-state index contributed by atoms with van der Waals surface area (Å²) in [6.07, 6.45) is 1.45. The summed E-state index contributed by atoms with van der Waals surface area (Å²) < 4.78 is 38.2. The Morgan fingerprint density at radius 3 is 2.42 bits per heavy atom. The van der Waals surface area contributed by atoms with Gasteiger partial charge in [0.05, 0.1) is 5.56 Å². The van der Waals surface area contributed by atoms with Crippen molar-refractivity contribution in [3.63, 3.8) is 0 Å². The van der Waals surface area contributed by atoms with Crippen LogP contribution in [0.2, 0.25) is 0 Å². The third-order valence-electron chi connectivity index (χ3n) is 4.11. The summed E-state index contributed by atoms with van der Waals surface area (Å²) in [5, 5.41) is 0. The highest BCUT2D eigenvalue weighted by molar-refractivity contribution is 5.29. The minimum absolute atomic E-state index is 0.0580. The van der Waals surface area contributed by atoms with Gasteiger partial charge in [0.1, 0.15) is 0 Å². The van der Waals surface area contributed by atoms with E-state index in [9.17, 15) is 13.2 Å². The Bertz CT molecular complexity index is 408. The van der Waals surface area contributed by atoms with Crippen molar-refractivity contribution in [2.45, 2.75) is 44.2 Å². The molecule has 1 fully saturated rings. The highest BCUT2D eigenvalue weighted by atomic mass is 19.4. The zero-order valence-electron chi connectivity index (χ0n) is 10.9. The van der Waals surface area contributed by atoms with E-state index in [1.165, 1.54) is 31.4 Å². The average molecular weight is 271 g/mol. The second-order valence-corrected chi connectivity index (χ2v) is 5.36. The quantitative estimate of drug-likeness (QED) is 0.870. The summed E-state index contributed by atoms with van der Waals surface area (Å²) >= 11 is 0. The maximum Gasteiger partial charge on any atom is 0.416 e. The van der Waals surface area contributed by atoms with Gasteiger partial charge in [0.2, 0.25) is 0 Å². The molecule has 1 atom stereocenters. The van der Waals surface area contributed by atoms with Gasteiger partial charge in [-0.05, 0) is 42.9 Å². The Labute approximate surface area is 112 Å². The fraction of sp³-hybridized carbons (Fsp3) is 0.600. The molecule has 0 heterocycles. The van der Waals surface area contributed by atoms with Gasteiger partial charge in [-0.1, -0.05) is 37.5 Å². The number of benzene rings is 1. The van der Waals surface area contributed by atoms with Crippen molar-refractivity contribution in [1.82, 2.24) is 0 Å². The number of hydrogen-bond donors (Lipinski definition) is 1. The summed E-state index contributed by atoms with van der Waals surface area (Å²) in [4.78, 5) is 0. The van der Waals surface area contributed by atoms with Gasteiger partial charge >= 0.3 is 6.18 Å². The van der Waals surface area contributed by atoms with Crippen molar-refractivity contribution < 1.29 is 13.2 Å². The molecule has 19 heavy (non-hydrogen) atoms. The van der Waals surface area contributed by atoms with Crippen molar-refractivity contribution in [1.29, 1.82) is 0 Å². The summed E-state index contributed by atoms with van der Waals surface area (Å²) in [5.74, 6) is 0.491. The zero-order valence-corrected chi connectivity index (χ0v) is 10.9. The van der Waals surface area contributed by atoms with E-state index in [-0.39, 0.29) is 5.92 Å². The molecular weight excluding hydrogens is 251 g/mol. The fourth-order valence-electron chi connectivity index (χ4n) is 3.08. The molecule has 1 saturated carbocycles. The van der Waals surface area contributed by atoms with Crippen LogP contribution in [0.15, 0.2) is 24.3 Å². The number of hydrogen-bond acceptors (Lipinski definition) is 1. The minimum atomic E-state index is -4.28. The topological polar surface area (TPSA) is 26.0 Å². The monoisotopic (exact) mass is 271 g/mol. The molecular formula is C15H20F3N. The van der Waals surface area contributed by atoms with Crippen molar-refractivity contribution >= 4 is 0 Å². The highest BCUT2D eigenvalue weighted by Crippen LogP contribution is 2.37. The summed E-state index contributed by atoms with van der Waals surface area (Å²) in [6, 6.07) is 5.66. The van der Waals surface area contributed by atoms with Crippen molar-refractivity contribution in [3.05, 3.63) is 35.4 Å². The van der Waals surface area contributed by atoms with Gasteiger partial charge in [0.15, 0.2) is 0 Å². The lowest BCUT2D eigenvalue weighted by atomic mass is 9.76. The Balaban J connectivity index is 2.22. The first kappa shape index (κ1) is 14.4. The number of halogens is 3. The molecule has 0 bridgehead atoms. The van der Waals surface area contributed by atoms with Crippen LogP contribution in [0.25, 0.3) is 0 Å². The molecule has 0 aliphatic heterocycles. The number of alkyl halides is 3. The lowest BCUT2D eigenvalue weighted by Crippen LogP contribution is -2.24. The molecule has 0 radical (unpaired) electrons. The Morgan fingerprint density at radius 1 is 1.16 bits per heavy atom. The lowest BCUT2D eigenvalue weighted by Gasteiger charge is -2.30. The van der Waals surface area contributed by atoms with E-state index in [1.54, 1.807) is 6.07 Å². The van der Waals surface area contributed by atoms with Gasteiger partial charge in [-0.15, -0.1) is 0 Å². The second kappa shape index (κ2) is 5.95. The largest absolute Gasteiger partial charge is 0.416 e. The maximum absolute atomic E-state index is 12.7. The molecule has 1 nitrogen and oxygen atoms in total. The molecule has 0 saturated heterocycles. The molecule has 0 spiro atoms. The van der Waals surface area contributed by atoms with E-state index in [4.69, 9.17) is 5.73 Å². The third-order valence-corrected chi connectivity index (χ3v) is 4.11. The second-order valence-electron chi connectivity index (χ2n) is 5.36. The van der Waals surface area contributed by atoms with Crippen LogP contribution in [0, 0.1) is 5.92 Å². The molecule has 1 aromatic rings. The molecule has 0 aromatic heterocycles. The summed E-state index contributed by atoms with van der Waals surface area (Å²) in [6.45, 7) is 0.423. The van der Waals surface area contributed by atoms with Gasteiger partial charge in [-0.3, -0.25) is 0 Å². The van der Waals surface area contributed by atoms with Crippen LogP contribution in [0.3, 0.4) is 0 Å². The summed E-state index contributed by atoms with van der Waals surface area (Å²) in [5.41, 5.74) is 5.98. The van der Waals surface area contributed by atoms with E-state index >= 15 is 0 Å². The third kappa shape index (κ3) is 3.50. The van der Waals surface area contributed by atoms with E-state index in [1.807, 2.05) is 0 Å². The lowest BCUT2D eigenvalue weighted by molar-refractivity contribution is -0.137. The first-order valence-corrected chi connectivity index (χ1v) is 6.89. The van der Waals surface area contributed by atoms with Crippen molar-refractivity contribution in [2.75, 3.05) is 6.54 Å². The maximum atomic E-state index is 12.7. The molecule has 2 N–H and O–H groups in total. The molecule has 2 rings (SSSR count). The Kier molecular flexibility index (Phi) is 4.50. The molecule has 4 heteroatoms. The van der Waals surface area contributed by atoms with Crippen LogP contribution in [-0.4, -0.2) is 6.54 Å². The average Bonchev–Trinajstić information content (AvgIpc) is 2.40. The first-order valence-electron chi connectivity index (χ1n) is 6.89. The first-order chi connectivity index (χ1) is 9.02. The van der Waals surface area contributed by atoms with Gasteiger partial charge in [-0.2, -0.15) is 13.2 Å². The predicted molar refractivity (Wildman–Crippen MR) is 69.8 cm³/mol. The van der Waals surface area contributed by atoms with Crippen LogP contribution in [-0.2, 0) is 6.18 Å². The van der Waals surface area contributed by atoms with Crippen LogP contribution in [0.4, 0.5) is 13.2 Å². The van der Waals surface area contributed by atoms with Gasteiger partial charge < -0.3 is 5.73 Å². The van der Waals surface area contributed by atoms with E-state index < -0.39 is 11.7 Å². The fourth-order valence-corrected chi connectivity index (χ4v) is 3.08. The summed E-state index contributed by atoms with van der Waals surface area (Å²) in [7, 11) is 0. The molecule has 106 valence electrons. The van der Waals surface area contributed by atoms with Crippen LogP contribution in [0.1, 0.15) is 49.1 Å². The molecule has 1 aliphatic carbocycles. The SMILES string of the molecule is NCC(c1cccc(C(F)(F)F)c1)C1CCCCC1. The zero-order chi connectivity index (χ0) is 13.9. The van der Waals surface area contributed by atoms with E-state index in [2.05, 4.69) is 0 Å². The van der Waals surface area contributed by atoms with E-state index in [0.717, 1.165) is 24.5 Å². The smallest absolute Gasteiger partial charge is 0.330 e. The molecule has 1 aromatic carbocycles. The predicted octanol–water partition coefficient (Wildman–Crippen LogP) is 4.33. The van der Waals surface area contributed by atoms with Crippen molar-refractivity contribution in [2.24, 2.45) is 11.7 Å². The molecule has 0 amide bonds. The minimum Gasteiger partial charge on any atom is -0.330 e. The van der Waals surface area contributed by atoms with Crippen LogP contribution >= 0.6 is 0 Å². The van der Waals surface area contributed by atoms with Gasteiger partial charge in [0, 0.05) is 0 Å². The van der Waals surface area contributed by atoms with Crippen molar-refractivity contribution in [3.8, 4) is 0 Å². The normalized spacial score (nSPS) is 19.4. The standard InChI is InChI=1S/C15H20F3N/c16-15(17,18)13-8-4-7-12(9-13)14(10-19)11-5-2-1-3-6-11/h4,7-9,11,14H,1-3,5-6,10,19H2. The van der Waals surface area contributed by atoms with Gasteiger partial charge in [0.25, 0.3) is 0 Å². The number of nitrogens with two attached hydrogens (primary N) is 1. The van der Waals surface area contributed by atoms with E-state index in [0.29, 0.717) is 12.5 Å². The Hall–Kier alpha value is -1.03. The molecule has 1 aliphatic rings. The molecule has 1 unspecified atom stereocenters. The van der Waals surface area contributed by atoms with Gasteiger partial charge in [-0.25, -0.2) is 0 Å². The highest BCUT2D eigenvalue weighted by Gasteiger charge is 2.32. The van der Waals surface area contributed by atoms with Crippen LogP contribution in [0.5, 0.6) is 0 Å². The Morgan fingerprint density at radius 2 is 1.84 bits per heavy atom. The number of rotatable bonds is 3. The van der Waals surface area contributed by atoms with Crippen LogP contribution < -0.4 is 5.73 Å².